The lowest BCUT2D eigenvalue weighted by atomic mass is 10.0. The number of methoxy groups -OCH3 is 1. The van der Waals surface area contributed by atoms with Gasteiger partial charge in [-0.1, -0.05) is 38.5 Å². The summed E-state index contributed by atoms with van der Waals surface area (Å²) in [5.41, 5.74) is 0. The molecule has 5 heteroatoms. The van der Waals surface area contributed by atoms with Crippen LogP contribution in [0.15, 0.2) is 4.99 Å². The van der Waals surface area contributed by atoms with E-state index in [1.165, 1.54) is 57.8 Å². The van der Waals surface area contributed by atoms with Gasteiger partial charge in [-0.15, -0.1) is 0 Å². The Balaban J connectivity index is 1.52. The molecule has 2 aliphatic rings. The average molecular weight is 339 g/mol. The predicted octanol–water partition coefficient (Wildman–Crippen LogP) is 2.62. The first-order valence-corrected chi connectivity index (χ1v) is 10.00. The highest BCUT2D eigenvalue weighted by atomic mass is 16.5. The third kappa shape index (κ3) is 7.39. The third-order valence-corrected chi connectivity index (χ3v) is 5.57. The largest absolute Gasteiger partial charge is 0.383 e. The second-order valence-corrected chi connectivity index (χ2v) is 7.40. The van der Waals surface area contributed by atoms with Crippen LogP contribution in [0.3, 0.4) is 0 Å². The lowest BCUT2D eigenvalue weighted by Crippen LogP contribution is -2.49. The minimum atomic E-state index is 0.550. The third-order valence-electron chi connectivity index (χ3n) is 5.57. The zero-order valence-electron chi connectivity index (χ0n) is 15.9. The molecular formula is C19H38N4O. The van der Waals surface area contributed by atoms with Gasteiger partial charge in [0, 0.05) is 46.4 Å². The molecule has 1 aliphatic carbocycles. The Morgan fingerprint density at radius 1 is 1.12 bits per heavy atom. The molecule has 140 valence electrons. The molecule has 0 bridgehead atoms. The highest BCUT2D eigenvalue weighted by Gasteiger charge is 2.19. The van der Waals surface area contributed by atoms with Crippen molar-refractivity contribution in [3.05, 3.63) is 0 Å². The summed E-state index contributed by atoms with van der Waals surface area (Å²) in [7, 11) is 3.65. The normalized spacial score (nSPS) is 21.3. The number of guanidine groups is 1. The van der Waals surface area contributed by atoms with E-state index in [-0.39, 0.29) is 0 Å². The molecule has 0 amide bonds. The zero-order chi connectivity index (χ0) is 17.0. The molecule has 2 fully saturated rings. The molecule has 1 heterocycles. The van der Waals surface area contributed by atoms with E-state index in [0.717, 1.165) is 44.7 Å². The van der Waals surface area contributed by atoms with Crippen molar-refractivity contribution in [1.29, 1.82) is 0 Å². The fourth-order valence-electron chi connectivity index (χ4n) is 3.97. The number of nitrogens with zero attached hydrogens (tertiary/aromatic N) is 2. The molecule has 2 rings (SSSR count). The van der Waals surface area contributed by atoms with Gasteiger partial charge >= 0.3 is 0 Å². The first-order valence-electron chi connectivity index (χ1n) is 10.00. The first-order chi connectivity index (χ1) is 11.8. The second kappa shape index (κ2) is 11.7. The molecule has 24 heavy (non-hydrogen) atoms. The van der Waals surface area contributed by atoms with Crippen LogP contribution in [-0.2, 0) is 4.74 Å². The zero-order valence-corrected chi connectivity index (χ0v) is 15.9. The molecule has 1 saturated carbocycles. The number of likely N-dealkylation sites (tertiary alicyclic amines) is 1. The number of ether oxygens (including phenoxy) is 1. The van der Waals surface area contributed by atoms with E-state index in [1.54, 1.807) is 7.11 Å². The van der Waals surface area contributed by atoms with Crippen molar-refractivity contribution in [2.75, 3.05) is 46.9 Å². The fraction of sp³-hybridized carbons (Fsp3) is 0.947. The number of piperidine rings is 1. The maximum absolute atomic E-state index is 5.16. The Morgan fingerprint density at radius 3 is 2.54 bits per heavy atom. The van der Waals surface area contributed by atoms with Crippen molar-refractivity contribution < 1.29 is 4.74 Å². The Hall–Kier alpha value is -0.810. The average Bonchev–Trinajstić information content (AvgIpc) is 3.13. The maximum Gasteiger partial charge on any atom is 0.191 e. The molecule has 1 saturated heterocycles. The second-order valence-electron chi connectivity index (χ2n) is 7.40. The van der Waals surface area contributed by atoms with Crippen LogP contribution < -0.4 is 10.6 Å². The molecule has 2 N–H and O–H groups in total. The van der Waals surface area contributed by atoms with Crippen molar-refractivity contribution in [3.8, 4) is 0 Å². The molecule has 0 aromatic heterocycles. The van der Waals surface area contributed by atoms with E-state index in [9.17, 15) is 0 Å². The number of hydrogen-bond acceptors (Lipinski definition) is 3. The van der Waals surface area contributed by atoms with Crippen LogP contribution >= 0.6 is 0 Å². The Bertz CT molecular complexity index is 347. The van der Waals surface area contributed by atoms with Gasteiger partial charge in [-0.3, -0.25) is 4.99 Å². The van der Waals surface area contributed by atoms with Gasteiger partial charge in [0.15, 0.2) is 5.96 Å². The number of aliphatic imine (C=N–C) groups is 1. The number of nitrogens with one attached hydrogen (secondary N) is 2. The van der Waals surface area contributed by atoms with Crippen LogP contribution in [0, 0.1) is 5.92 Å². The van der Waals surface area contributed by atoms with Gasteiger partial charge in [-0.05, 0) is 25.2 Å². The molecule has 0 unspecified atom stereocenters. The predicted molar refractivity (Wildman–Crippen MR) is 102 cm³/mol. The molecule has 0 atom stereocenters. The lowest BCUT2D eigenvalue weighted by Gasteiger charge is -2.32. The SMILES string of the molecule is CN=C(NCCCCC1CCCC1)NC1CCN(CCOC)CC1. The smallest absolute Gasteiger partial charge is 0.191 e. The van der Waals surface area contributed by atoms with E-state index in [2.05, 4.69) is 20.5 Å². The number of hydrogen-bond donors (Lipinski definition) is 2. The molecule has 0 aromatic carbocycles. The van der Waals surface area contributed by atoms with Crippen molar-refractivity contribution in [2.45, 2.75) is 63.8 Å². The minimum absolute atomic E-state index is 0.550. The van der Waals surface area contributed by atoms with E-state index in [1.807, 2.05) is 7.05 Å². The highest BCUT2D eigenvalue weighted by Crippen LogP contribution is 2.28. The highest BCUT2D eigenvalue weighted by molar-refractivity contribution is 5.79. The summed E-state index contributed by atoms with van der Waals surface area (Å²) in [6, 6.07) is 0.550. The van der Waals surface area contributed by atoms with E-state index in [4.69, 9.17) is 4.74 Å². The maximum atomic E-state index is 5.16. The van der Waals surface area contributed by atoms with Gasteiger partial charge in [-0.25, -0.2) is 0 Å². The summed E-state index contributed by atoms with van der Waals surface area (Å²) in [4.78, 5) is 6.87. The van der Waals surface area contributed by atoms with Crippen LogP contribution in [0.25, 0.3) is 0 Å². The number of rotatable bonds is 9. The first kappa shape index (κ1) is 19.5. The number of unbranched alkanes of at least 4 members (excludes halogenated alkanes) is 1. The molecule has 0 spiro atoms. The molecule has 1 aliphatic heterocycles. The monoisotopic (exact) mass is 338 g/mol. The minimum Gasteiger partial charge on any atom is -0.383 e. The van der Waals surface area contributed by atoms with Gasteiger partial charge in [0.05, 0.1) is 6.61 Å². The quantitative estimate of drug-likeness (QED) is 0.385. The van der Waals surface area contributed by atoms with E-state index < -0.39 is 0 Å². The standard InChI is InChI=1S/C19H38N4O/c1-20-19(21-12-6-5-9-17-7-3-4-8-17)22-18-10-13-23(14-11-18)15-16-24-2/h17-18H,3-16H2,1-2H3,(H2,20,21,22). The van der Waals surface area contributed by atoms with Crippen LogP contribution in [0.4, 0.5) is 0 Å². The van der Waals surface area contributed by atoms with Crippen LogP contribution in [-0.4, -0.2) is 63.8 Å². The van der Waals surface area contributed by atoms with Crippen molar-refractivity contribution in [2.24, 2.45) is 10.9 Å². The van der Waals surface area contributed by atoms with Crippen molar-refractivity contribution >= 4 is 5.96 Å². The van der Waals surface area contributed by atoms with E-state index in [0.29, 0.717) is 6.04 Å². The Labute approximate surface area is 148 Å². The Kier molecular flexibility index (Phi) is 9.51. The van der Waals surface area contributed by atoms with E-state index >= 15 is 0 Å². The van der Waals surface area contributed by atoms with Crippen LogP contribution in [0.1, 0.15) is 57.8 Å². The van der Waals surface area contributed by atoms with Crippen molar-refractivity contribution in [3.63, 3.8) is 0 Å². The van der Waals surface area contributed by atoms with Crippen LogP contribution in [0.2, 0.25) is 0 Å². The fourth-order valence-corrected chi connectivity index (χ4v) is 3.97. The van der Waals surface area contributed by atoms with Crippen LogP contribution in [0.5, 0.6) is 0 Å². The lowest BCUT2D eigenvalue weighted by molar-refractivity contribution is 0.128. The summed E-state index contributed by atoms with van der Waals surface area (Å²) in [5.74, 6) is 2.00. The summed E-state index contributed by atoms with van der Waals surface area (Å²) < 4.78 is 5.16. The topological polar surface area (TPSA) is 48.9 Å². The van der Waals surface area contributed by atoms with Gasteiger partial charge in [0.2, 0.25) is 0 Å². The van der Waals surface area contributed by atoms with Gasteiger partial charge in [0.1, 0.15) is 0 Å². The van der Waals surface area contributed by atoms with Crippen molar-refractivity contribution in [1.82, 2.24) is 15.5 Å². The van der Waals surface area contributed by atoms with Gasteiger partial charge < -0.3 is 20.3 Å². The molecular weight excluding hydrogens is 300 g/mol. The molecule has 5 nitrogen and oxygen atoms in total. The summed E-state index contributed by atoms with van der Waals surface area (Å²) in [5, 5.41) is 7.09. The summed E-state index contributed by atoms with van der Waals surface area (Å²) in [6.07, 6.45) is 12.3. The summed E-state index contributed by atoms with van der Waals surface area (Å²) in [6.45, 7) is 5.23. The molecule has 0 radical (unpaired) electrons. The van der Waals surface area contributed by atoms with Gasteiger partial charge in [-0.2, -0.15) is 0 Å². The summed E-state index contributed by atoms with van der Waals surface area (Å²) >= 11 is 0. The Morgan fingerprint density at radius 2 is 1.88 bits per heavy atom. The molecule has 0 aromatic rings. The van der Waals surface area contributed by atoms with Gasteiger partial charge in [0.25, 0.3) is 0 Å².